The van der Waals surface area contributed by atoms with E-state index in [2.05, 4.69) is 4.98 Å². The summed E-state index contributed by atoms with van der Waals surface area (Å²) >= 11 is 5.79. The predicted molar refractivity (Wildman–Crippen MR) is 114 cm³/mol. The fourth-order valence-corrected chi connectivity index (χ4v) is 3.72. The van der Waals surface area contributed by atoms with Crippen molar-refractivity contribution in [3.05, 3.63) is 76.3 Å². The molecule has 160 valence electrons. The third-order valence-corrected chi connectivity index (χ3v) is 5.33. The van der Waals surface area contributed by atoms with Gasteiger partial charge in [0.25, 0.3) is 0 Å². The van der Waals surface area contributed by atoms with Crippen LogP contribution in [0.5, 0.6) is 11.5 Å². The number of para-hydroxylation sites is 2. The maximum atomic E-state index is 12.7. The second-order valence-corrected chi connectivity index (χ2v) is 7.65. The fraction of sp³-hybridized carbons (Fsp3) is 0.261. The summed E-state index contributed by atoms with van der Waals surface area (Å²) in [6.07, 6.45) is 1.22. The van der Waals surface area contributed by atoms with Crippen molar-refractivity contribution in [3.8, 4) is 11.5 Å². The number of rotatable bonds is 6. The molecule has 0 spiro atoms. The monoisotopic (exact) mass is 440 g/mol. The van der Waals surface area contributed by atoms with Gasteiger partial charge in [-0.05, 0) is 44.2 Å². The van der Waals surface area contributed by atoms with E-state index in [0.717, 1.165) is 17.1 Å². The van der Waals surface area contributed by atoms with Gasteiger partial charge < -0.3 is 18.8 Å². The number of ketones is 1. The maximum absolute atomic E-state index is 12.7. The highest BCUT2D eigenvalue weighted by Gasteiger charge is 2.24. The van der Waals surface area contributed by atoms with Crippen LogP contribution in [-0.2, 0) is 11.3 Å². The van der Waals surface area contributed by atoms with Crippen molar-refractivity contribution in [3.63, 3.8) is 0 Å². The maximum Gasteiger partial charge on any atom is 0.338 e. The van der Waals surface area contributed by atoms with Crippen LogP contribution in [0.15, 0.2) is 48.7 Å². The average molecular weight is 441 g/mol. The lowest BCUT2D eigenvalue weighted by molar-refractivity contribution is 0.0474. The first-order valence-corrected chi connectivity index (χ1v) is 10.2. The highest BCUT2D eigenvalue weighted by atomic mass is 35.5. The van der Waals surface area contributed by atoms with Crippen LogP contribution >= 0.6 is 11.6 Å². The van der Waals surface area contributed by atoms with Crippen LogP contribution in [0.3, 0.4) is 0 Å². The van der Waals surface area contributed by atoms with Crippen LogP contribution < -0.4 is 9.47 Å². The number of Topliss-reactive ketones (excluding diaryl/α,β-unsaturated/α-hetero) is 1. The molecule has 3 aromatic rings. The summed E-state index contributed by atoms with van der Waals surface area (Å²) < 4.78 is 19.0. The van der Waals surface area contributed by atoms with Crippen molar-refractivity contribution in [1.29, 1.82) is 0 Å². The summed E-state index contributed by atoms with van der Waals surface area (Å²) in [5, 5.41) is 0.181. The molecular weight excluding hydrogens is 420 g/mol. The first-order chi connectivity index (χ1) is 14.9. The normalized spacial score (nSPS) is 14.9. The predicted octanol–water partition coefficient (Wildman–Crippen LogP) is 4.03. The highest BCUT2D eigenvalue weighted by Crippen LogP contribution is 2.31. The van der Waals surface area contributed by atoms with E-state index in [1.165, 1.54) is 18.3 Å². The Balaban J connectivity index is 1.42. The number of hydrogen-bond acceptors (Lipinski definition) is 6. The molecule has 1 atom stereocenters. The zero-order valence-electron chi connectivity index (χ0n) is 17.1. The largest absolute Gasteiger partial charge is 0.486 e. The third-order valence-electron chi connectivity index (χ3n) is 5.12. The van der Waals surface area contributed by atoms with E-state index in [1.807, 2.05) is 42.7 Å². The lowest BCUT2D eigenvalue weighted by Gasteiger charge is -2.27. The summed E-state index contributed by atoms with van der Waals surface area (Å²) in [6.45, 7) is 4.38. The van der Waals surface area contributed by atoms with E-state index in [9.17, 15) is 9.59 Å². The lowest BCUT2D eigenvalue weighted by Crippen LogP contribution is -2.33. The number of halogens is 1. The molecule has 0 saturated heterocycles. The van der Waals surface area contributed by atoms with Crippen molar-refractivity contribution in [2.75, 3.05) is 13.2 Å². The minimum atomic E-state index is -0.627. The molecule has 2 aromatic heterocycles. The molecule has 3 heterocycles. The molecule has 0 saturated carbocycles. The smallest absolute Gasteiger partial charge is 0.338 e. The summed E-state index contributed by atoms with van der Waals surface area (Å²) in [4.78, 5) is 28.7. The molecular formula is C23H21ClN2O5. The number of nitrogens with zero attached hydrogens (tertiary/aromatic N) is 2. The number of aryl methyl sites for hydroxylation is 1. The van der Waals surface area contributed by atoms with Crippen LogP contribution in [0.2, 0.25) is 5.15 Å². The first-order valence-electron chi connectivity index (χ1n) is 9.79. The van der Waals surface area contributed by atoms with Crippen LogP contribution in [0, 0.1) is 13.8 Å². The van der Waals surface area contributed by atoms with Gasteiger partial charge in [-0.25, -0.2) is 9.78 Å². The Hall–Kier alpha value is -3.32. The van der Waals surface area contributed by atoms with Gasteiger partial charge in [0, 0.05) is 23.1 Å². The molecule has 4 rings (SSSR count). The SMILES string of the molecule is Cc1cc(C(=O)COC(=O)c2ccnc(Cl)c2)c(C)n1CC1COc2ccccc2O1. The van der Waals surface area contributed by atoms with Gasteiger partial charge in [-0.1, -0.05) is 23.7 Å². The fourth-order valence-electron chi connectivity index (χ4n) is 3.54. The number of ether oxygens (including phenoxy) is 3. The van der Waals surface area contributed by atoms with E-state index in [4.69, 9.17) is 25.8 Å². The Labute approximate surface area is 184 Å². The van der Waals surface area contributed by atoms with Gasteiger partial charge in [-0.2, -0.15) is 0 Å². The molecule has 0 amide bonds. The number of carbonyl (C=O) groups excluding carboxylic acids is 2. The molecule has 0 N–H and O–H groups in total. The third kappa shape index (κ3) is 4.56. The molecule has 0 radical (unpaired) electrons. The van der Waals surface area contributed by atoms with Gasteiger partial charge in [-0.3, -0.25) is 4.79 Å². The van der Waals surface area contributed by atoms with Crippen LogP contribution in [0.4, 0.5) is 0 Å². The molecule has 31 heavy (non-hydrogen) atoms. The standard InChI is InChI=1S/C23H21ClN2O5/c1-14-9-18(19(27)13-30-23(28)16-7-8-25-22(24)10-16)15(2)26(14)11-17-12-29-20-5-3-4-6-21(20)31-17/h3-10,17H,11-13H2,1-2H3. The number of hydrogen-bond donors (Lipinski definition) is 0. The summed E-state index contributed by atoms with van der Waals surface area (Å²) in [7, 11) is 0. The summed E-state index contributed by atoms with van der Waals surface area (Å²) in [5.41, 5.74) is 2.45. The molecule has 8 heteroatoms. The second kappa shape index (κ2) is 8.81. The number of aromatic nitrogens is 2. The zero-order valence-corrected chi connectivity index (χ0v) is 17.9. The van der Waals surface area contributed by atoms with Gasteiger partial charge in [0.05, 0.1) is 12.1 Å². The van der Waals surface area contributed by atoms with Gasteiger partial charge in [-0.15, -0.1) is 0 Å². The molecule has 0 bridgehead atoms. The Morgan fingerprint density at radius 2 is 1.97 bits per heavy atom. The molecule has 7 nitrogen and oxygen atoms in total. The number of benzene rings is 1. The molecule has 0 aliphatic carbocycles. The molecule has 1 aromatic carbocycles. The highest BCUT2D eigenvalue weighted by molar-refractivity contribution is 6.29. The van der Waals surface area contributed by atoms with Gasteiger partial charge >= 0.3 is 5.97 Å². The average Bonchev–Trinajstić information content (AvgIpc) is 3.05. The quantitative estimate of drug-likeness (QED) is 0.327. The van der Waals surface area contributed by atoms with Crippen LogP contribution in [-0.4, -0.2) is 40.6 Å². The van der Waals surface area contributed by atoms with Crippen LogP contribution in [0.25, 0.3) is 0 Å². The van der Waals surface area contributed by atoms with E-state index < -0.39 is 5.97 Å². The second-order valence-electron chi connectivity index (χ2n) is 7.26. The van der Waals surface area contributed by atoms with E-state index in [-0.39, 0.29) is 29.2 Å². The molecule has 1 unspecified atom stereocenters. The number of fused-ring (bicyclic) bond motifs is 1. The van der Waals surface area contributed by atoms with Crippen LogP contribution in [0.1, 0.15) is 32.1 Å². The van der Waals surface area contributed by atoms with Gasteiger partial charge in [0.2, 0.25) is 5.78 Å². The Morgan fingerprint density at radius 3 is 2.74 bits per heavy atom. The minimum absolute atomic E-state index is 0.181. The number of carbonyl (C=O) groups is 2. The van der Waals surface area contributed by atoms with E-state index in [1.54, 1.807) is 6.07 Å². The van der Waals surface area contributed by atoms with Crippen molar-refractivity contribution in [1.82, 2.24) is 9.55 Å². The number of pyridine rings is 1. The molecule has 1 aliphatic rings. The number of esters is 1. The summed E-state index contributed by atoms with van der Waals surface area (Å²) in [6, 6.07) is 12.2. The van der Waals surface area contributed by atoms with Crippen molar-refractivity contribution >= 4 is 23.4 Å². The molecule has 0 fully saturated rings. The zero-order chi connectivity index (χ0) is 22.0. The topological polar surface area (TPSA) is 79.7 Å². The Kier molecular flexibility index (Phi) is 5.95. The van der Waals surface area contributed by atoms with Gasteiger partial charge in [0.15, 0.2) is 24.2 Å². The van der Waals surface area contributed by atoms with E-state index >= 15 is 0 Å². The lowest BCUT2D eigenvalue weighted by atomic mass is 10.1. The van der Waals surface area contributed by atoms with Crippen molar-refractivity contribution in [2.45, 2.75) is 26.5 Å². The Bertz CT molecular complexity index is 1140. The minimum Gasteiger partial charge on any atom is -0.486 e. The van der Waals surface area contributed by atoms with E-state index in [0.29, 0.717) is 24.5 Å². The van der Waals surface area contributed by atoms with Gasteiger partial charge in [0.1, 0.15) is 11.8 Å². The molecule has 1 aliphatic heterocycles. The summed E-state index contributed by atoms with van der Waals surface area (Å²) in [5.74, 6) is 0.533. The first kappa shape index (κ1) is 20.9. The van der Waals surface area contributed by atoms with Crippen molar-refractivity contribution in [2.24, 2.45) is 0 Å². The Morgan fingerprint density at radius 1 is 1.19 bits per heavy atom. The van der Waals surface area contributed by atoms with Crippen molar-refractivity contribution < 1.29 is 23.8 Å².